The number of ether oxygens (including phenoxy) is 2. The summed E-state index contributed by atoms with van der Waals surface area (Å²) in [4.78, 5) is 35.7. The Morgan fingerprint density at radius 3 is 2.78 bits per heavy atom. The number of halogens is 3. The first-order chi connectivity index (χ1) is 21.7. The number of hydrogen-bond donors (Lipinski definition) is 2. The maximum absolute atomic E-state index is 13.5. The zero-order valence-corrected chi connectivity index (χ0v) is 26.3. The monoisotopic (exact) mass is 664 g/mol. The van der Waals surface area contributed by atoms with Gasteiger partial charge in [-0.05, 0) is 37.3 Å². The van der Waals surface area contributed by atoms with E-state index in [0.29, 0.717) is 71.9 Å². The van der Waals surface area contributed by atoms with Crippen LogP contribution in [0, 0.1) is 0 Å². The van der Waals surface area contributed by atoms with Gasteiger partial charge in [-0.15, -0.1) is 11.3 Å². The van der Waals surface area contributed by atoms with Crippen molar-refractivity contribution in [2.45, 2.75) is 44.3 Å². The van der Waals surface area contributed by atoms with Crippen LogP contribution in [0.3, 0.4) is 0 Å². The van der Waals surface area contributed by atoms with Gasteiger partial charge in [0.2, 0.25) is 0 Å². The SMILES string of the molecule is COC(=O)N1CC=C(c2cc(N3CCC[C@@H](NC(=O)c4sc(Cl)cc4OC4CCN(CC(F)F)CC4)C3)c3c(N)ncnn23)C1. The Balaban J connectivity index is 1.15. The second-order valence-corrected chi connectivity index (χ2v) is 13.1. The first kappa shape index (κ1) is 31.3. The molecule has 2 saturated heterocycles. The number of nitrogens with two attached hydrogens (primary N) is 1. The van der Waals surface area contributed by atoms with Crippen LogP contribution < -0.4 is 20.7 Å². The predicted molar refractivity (Wildman–Crippen MR) is 167 cm³/mol. The minimum absolute atomic E-state index is 0.165. The molecule has 3 N–H and O–H groups in total. The number of amides is 2. The molecule has 0 spiro atoms. The second-order valence-electron chi connectivity index (χ2n) is 11.4. The van der Waals surface area contributed by atoms with Crippen LogP contribution >= 0.6 is 22.9 Å². The molecule has 0 radical (unpaired) electrons. The van der Waals surface area contributed by atoms with Gasteiger partial charge < -0.3 is 30.3 Å². The van der Waals surface area contributed by atoms with Crippen LogP contribution in [0.1, 0.15) is 41.0 Å². The molecule has 0 bridgehead atoms. The summed E-state index contributed by atoms with van der Waals surface area (Å²) in [5, 5.41) is 7.63. The van der Waals surface area contributed by atoms with E-state index in [1.807, 2.05) is 12.1 Å². The molecular weight excluding hydrogens is 630 g/mol. The molecule has 12 nitrogen and oxygen atoms in total. The van der Waals surface area contributed by atoms with Crippen LogP contribution in [0.2, 0.25) is 4.34 Å². The molecule has 2 fully saturated rings. The number of hydrogen-bond acceptors (Lipinski definition) is 10. The van der Waals surface area contributed by atoms with Crippen molar-refractivity contribution in [3.63, 3.8) is 0 Å². The lowest BCUT2D eigenvalue weighted by atomic mass is 10.0. The molecule has 0 aromatic carbocycles. The maximum atomic E-state index is 13.5. The third-order valence-corrected chi connectivity index (χ3v) is 9.68. The highest BCUT2D eigenvalue weighted by molar-refractivity contribution is 7.18. The van der Waals surface area contributed by atoms with Gasteiger partial charge in [0, 0.05) is 44.8 Å². The van der Waals surface area contributed by atoms with E-state index >= 15 is 0 Å². The van der Waals surface area contributed by atoms with Crippen LogP contribution in [0.15, 0.2) is 24.5 Å². The number of rotatable bonds is 8. The minimum Gasteiger partial charge on any atom is -0.489 e. The summed E-state index contributed by atoms with van der Waals surface area (Å²) in [6, 6.07) is 3.49. The fraction of sp³-hybridized carbons (Fsp3) is 0.517. The number of thiophene rings is 1. The number of likely N-dealkylation sites (tertiary alicyclic amines) is 1. The molecule has 0 unspecified atom stereocenters. The fourth-order valence-corrected chi connectivity index (χ4v) is 7.32. The van der Waals surface area contributed by atoms with E-state index in [4.69, 9.17) is 26.8 Å². The molecule has 242 valence electrons. The molecule has 0 saturated carbocycles. The second kappa shape index (κ2) is 13.3. The van der Waals surface area contributed by atoms with Gasteiger partial charge in [0.1, 0.15) is 28.6 Å². The van der Waals surface area contributed by atoms with Gasteiger partial charge in [-0.1, -0.05) is 17.7 Å². The van der Waals surface area contributed by atoms with Crippen molar-refractivity contribution in [3.8, 4) is 5.75 Å². The molecule has 6 rings (SSSR count). The molecule has 3 aliphatic heterocycles. The number of nitrogens with zero attached hydrogens (tertiary/aromatic N) is 6. The van der Waals surface area contributed by atoms with Crippen LogP contribution in [0.25, 0.3) is 11.1 Å². The average Bonchev–Trinajstić information content (AvgIpc) is 3.75. The van der Waals surface area contributed by atoms with Gasteiger partial charge in [0.25, 0.3) is 12.3 Å². The molecule has 45 heavy (non-hydrogen) atoms. The average molecular weight is 665 g/mol. The largest absolute Gasteiger partial charge is 0.489 e. The predicted octanol–water partition coefficient (Wildman–Crippen LogP) is 4.00. The van der Waals surface area contributed by atoms with E-state index in [0.717, 1.165) is 47.7 Å². The molecule has 3 aliphatic rings. The summed E-state index contributed by atoms with van der Waals surface area (Å²) >= 11 is 7.47. The topological polar surface area (TPSA) is 131 Å². The third kappa shape index (κ3) is 6.79. The van der Waals surface area contributed by atoms with Crippen molar-refractivity contribution in [1.29, 1.82) is 0 Å². The number of nitrogen functional groups attached to an aromatic ring is 1. The number of methoxy groups -OCH3 is 1. The van der Waals surface area contributed by atoms with Crippen LogP contribution in [-0.4, -0.2) is 108 Å². The highest BCUT2D eigenvalue weighted by Crippen LogP contribution is 2.37. The number of aromatic nitrogens is 3. The van der Waals surface area contributed by atoms with Crippen molar-refractivity contribution in [2.75, 3.05) is 63.6 Å². The standard InChI is InChI=1S/C29H35ClF2N8O4S/c1-43-29(42)39-10-4-17(13-39)20-11-21(25-27(33)34-16-35-40(20)25)38-7-2-3-18(14-38)36-28(41)26-22(12-23(30)45-26)44-19-5-8-37(9-6-19)15-24(31)32/h4,11-12,16,18-19,24H,2-3,5-10,13-15H2,1H3,(H,36,41)(H2,33,34,35)/t18-/m1/s1. The first-order valence-corrected chi connectivity index (χ1v) is 16.1. The van der Waals surface area contributed by atoms with E-state index in [2.05, 4.69) is 20.3 Å². The van der Waals surface area contributed by atoms with E-state index < -0.39 is 12.5 Å². The van der Waals surface area contributed by atoms with Gasteiger partial charge in [-0.3, -0.25) is 9.69 Å². The summed E-state index contributed by atoms with van der Waals surface area (Å²) in [6.45, 7) is 2.87. The molecule has 16 heteroatoms. The number of fused-ring (bicyclic) bond motifs is 1. The van der Waals surface area contributed by atoms with Gasteiger partial charge in [0.05, 0.1) is 35.9 Å². The molecule has 6 heterocycles. The molecule has 0 aliphatic carbocycles. The van der Waals surface area contributed by atoms with Gasteiger partial charge in [-0.2, -0.15) is 5.10 Å². The quantitative estimate of drug-likeness (QED) is 0.367. The Labute approximate surface area is 267 Å². The van der Waals surface area contributed by atoms with Crippen molar-refractivity contribution < 1.29 is 27.8 Å². The lowest BCUT2D eigenvalue weighted by Crippen LogP contribution is -2.47. The van der Waals surface area contributed by atoms with E-state index in [1.165, 1.54) is 13.4 Å². The van der Waals surface area contributed by atoms with Crippen LogP contribution in [-0.2, 0) is 4.74 Å². The molecule has 3 aromatic rings. The first-order valence-electron chi connectivity index (χ1n) is 14.9. The summed E-state index contributed by atoms with van der Waals surface area (Å²) in [5.74, 6) is 0.477. The normalized spacial score (nSPS) is 19.8. The highest BCUT2D eigenvalue weighted by Gasteiger charge is 2.31. The van der Waals surface area contributed by atoms with E-state index in [-0.39, 0.29) is 24.6 Å². The van der Waals surface area contributed by atoms with Crippen LogP contribution in [0.5, 0.6) is 5.75 Å². The van der Waals surface area contributed by atoms with Gasteiger partial charge >= 0.3 is 6.09 Å². The Hall–Kier alpha value is -3.69. The fourth-order valence-electron chi connectivity index (χ4n) is 6.27. The zero-order valence-electron chi connectivity index (χ0n) is 24.8. The Bertz CT molecular complexity index is 1590. The Morgan fingerprint density at radius 1 is 1.22 bits per heavy atom. The molecular formula is C29H35ClF2N8O4S. The number of nitrogens with one attached hydrogen (secondary N) is 1. The minimum atomic E-state index is -2.36. The van der Waals surface area contributed by atoms with Crippen molar-refractivity contribution >= 4 is 57.5 Å². The van der Waals surface area contributed by atoms with E-state index in [9.17, 15) is 18.4 Å². The lowest BCUT2D eigenvalue weighted by molar-refractivity contribution is 0.0475. The number of alkyl halides is 2. The van der Waals surface area contributed by atoms with Crippen molar-refractivity contribution in [3.05, 3.63) is 39.4 Å². The maximum Gasteiger partial charge on any atom is 0.410 e. The highest BCUT2D eigenvalue weighted by atomic mass is 35.5. The number of carbonyl (C=O) groups excluding carboxylic acids is 2. The van der Waals surface area contributed by atoms with Crippen molar-refractivity contribution in [2.24, 2.45) is 0 Å². The van der Waals surface area contributed by atoms with E-state index in [1.54, 1.807) is 20.4 Å². The van der Waals surface area contributed by atoms with Gasteiger partial charge in [0.15, 0.2) is 5.82 Å². The molecule has 3 aromatic heterocycles. The summed E-state index contributed by atoms with van der Waals surface area (Å²) in [5.41, 5.74) is 9.59. The Morgan fingerprint density at radius 2 is 2.02 bits per heavy atom. The smallest absolute Gasteiger partial charge is 0.410 e. The number of carbonyl (C=O) groups is 2. The Kier molecular flexibility index (Phi) is 9.28. The zero-order chi connectivity index (χ0) is 31.7. The number of anilines is 2. The summed E-state index contributed by atoms with van der Waals surface area (Å²) in [7, 11) is 1.36. The lowest BCUT2D eigenvalue weighted by Gasteiger charge is -2.34. The summed E-state index contributed by atoms with van der Waals surface area (Å²) < 4.78 is 38.8. The third-order valence-electron chi connectivity index (χ3n) is 8.44. The summed E-state index contributed by atoms with van der Waals surface area (Å²) in [6.07, 6.45) is 3.23. The number of piperidine rings is 2. The molecule has 2 amide bonds. The van der Waals surface area contributed by atoms with Gasteiger partial charge in [-0.25, -0.2) is 23.1 Å². The van der Waals surface area contributed by atoms with Crippen molar-refractivity contribution in [1.82, 2.24) is 29.7 Å². The van der Waals surface area contributed by atoms with Crippen LogP contribution in [0.4, 0.5) is 25.1 Å². The molecule has 1 atom stereocenters.